The molecule has 4 nitrogen and oxygen atoms in total. The number of halogens is 1. The fourth-order valence-corrected chi connectivity index (χ4v) is 3.59. The maximum atomic E-state index is 6.38. The first-order valence-corrected chi connectivity index (χ1v) is 8.73. The first-order valence-electron chi connectivity index (χ1n) is 8.35. The van der Waals surface area contributed by atoms with E-state index in [4.69, 9.17) is 16.3 Å². The minimum absolute atomic E-state index is 0.198. The first-order chi connectivity index (χ1) is 11.8. The van der Waals surface area contributed by atoms with Crippen LogP contribution in [0.1, 0.15) is 24.8 Å². The lowest BCUT2D eigenvalue weighted by molar-refractivity contribution is 0.0395. The van der Waals surface area contributed by atoms with E-state index in [1.165, 1.54) is 5.56 Å². The molecule has 1 aromatic carbocycles. The lowest BCUT2D eigenvalue weighted by Gasteiger charge is -2.23. The molecule has 0 amide bonds. The van der Waals surface area contributed by atoms with Gasteiger partial charge in [0.2, 0.25) is 0 Å². The van der Waals surface area contributed by atoms with E-state index in [9.17, 15) is 0 Å². The molecule has 0 radical (unpaired) electrons. The molecule has 0 aliphatic heterocycles. The van der Waals surface area contributed by atoms with Crippen LogP contribution in [0.4, 0.5) is 5.69 Å². The van der Waals surface area contributed by atoms with E-state index in [0.29, 0.717) is 11.6 Å². The van der Waals surface area contributed by atoms with Gasteiger partial charge in [0.05, 0.1) is 35.7 Å². The fraction of sp³-hybridized carbons (Fsp3) is 0.316. The van der Waals surface area contributed by atoms with Gasteiger partial charge in [-0.05, 0) is 30.9 Å². The van der Waals surface area contributed by atoms with Crippen molar-refractivity contribution in [1.29, 1.82) is 0 Å². The van der Waals surface area contributed by atoms with Crippen molar-refractivity contribution in [2.24, 2.45) is 0 Å². The Labute approximate surface area is 146 Å². The molecule has 2 atom stereocenters. The van der Waals surface area contributed by atoms with E-state index < -0.39 is 0 Å². The van der Waals surface area contributed by atoms with Crippen LogP contribution in [-0.4, -0.2) is 22.1 Å². The van der Waals surface area contributed by atoms with Gasteiger partial charge in [-0.25, -0.2) is 4.98 Å². The molecule has 24 heavy (non-hydrogen) atoms. The van der Waals surface area contributed by atoms with Crippen LogP contribution in [0.5, 0.6) is 0 Å². The number of H-pyrrole nitrogens is 1. The molecular weight excluding hydrogens is 322 g/mol. The Morgan fingerprint density at radius 2 is 2.08 bits per heavy atom. The number of fused-ring (bicyclic) bond motifs is 1. The molecule has 0 spiro atoms. The third-order valence-electron chi connectivity index (χ3n) is 4.63. The Kier molecular flexibility index (Phi) is 4.41. The number of nitrogens with zero attached hydrogens (tertiary/aromatic N) is 1. The molecule has 2 N–H and O–H groups in total. The summed E-state index contributed by atoms with van der Waals surface area (Å²) in [5, 5.41) is 5.28. The van der Waals surface area contributed by atoms with Gasteiger partial charge in [0.15, 0.2) is 0 Å². The van der Waals surface area contributed by atoms with Crippen LogP contribution in [0, 0.1) is 0 Å². The lowest BCUT2D eigenvalue weighted by Crippen LogP contribution is -2.30. The van der Waals surface area contributed by atoms with Crippen molar-refractivity contribution >= 4 is 28.3 Å². The molecule has 2 aromatic heterocycles. The molecule has 1 aliphatic rings. The molecule has 0 bridgehead atoms. The maximum absolute atomic E-state index is 6.38. The van der Waals surface area contributed by atoms with E-state index in [0.717, 1.165) is 36.0 Å². The first kappa shape index (κ1) is 15.5. The highest BCUT2D eigenvalue weighted by molar-refractivity contribution is 6.34. The Bertz CT molecular complexity index is 818. The molecule has 124 valence electrons. The number of aromatic nitrogens is 2. The zero-order valence-corrected chi connectivity index (χ0v) is 14.1. The third-order valence-corrected chi connectivity index (χ3v) is 4.92. The standard InChI is InChI=1S/C19H20ClN3O/c20-15-11-22-19-14(9-10-21-19)18(15)23-16-7-4-8-17(16)24-12-13-5-2-1-3-6-13/h1-3,5-6,9-11,16-17H,4,7-8,12H2,(H2,21,22,23)/t16-,17-/m1/s1. The van der Waals surface area contributed by atoms with Crippen LogP contribution in [-0.2, 0) is 11.3 Å². The number of ether oxygens (including phenoxy) is 1. The Morgan fingerprint density at radius 3 is 2.96 bits per heavy atom. The number of anilines is 1. The normalized spacial score (nSPS) is 20.5. The summed E-state index contributed by atoms with van der Waals surface area (Å²) < 4.78 is 6.18. The number of rotatable bonds is 5. The summed E-state index contributed by atoms with van der Waals surface area (Å²) in [5.74, 6) is 0. The second kappa shape index (κ2) is 6.83. The number of hydrogen-bond donors (Lipinski definition) is 2. The van der Waals surface area contributed by atoms with E-state index >= 15 is 0 Å². The highest BCUT2D eigenvalue weighted by Crippen LogP contribution is 2.33. The van der Waals surface area contributed by atoms with Gasteiger partial charge >= 0.3 is 0 Å². The number of aromatic amines is 1. The molecule has 1 aliphatic carbocycles. The third kappa shape index (κ3) is 3.12. The lowest BCUT2D eigenvalue weighted by atomic mass is 10.1. The van der Waals surface area contributed by atoms with Crippen molar-refractivity contribution in [2.75, 3.05) is 5.32 Å². The molecule has 3 aromatic rings. The van der Waals surface area contributed by atoms with Crippen LogP contribution in [0.3, 0.4) is 0 Å². The van der Waals surface area contributed by atoms with E-state index in [1.807, 2.05) is 30.5 Å². The van der Waals surface area contributed by atoms with Crippen LogP contribution in [0.2, 0.25) is 5.02 Å². The molecule has 2 heterocycles. The Morgan fingerprint density at radius 1 is 1.21 bits per heavy atom. The minimum Gasteiger partial charge on any atom is -0.378 e. The molecule has 1 saturated carbocycles. The molecule has 1 fully saturated rings. The maximum Gasteiger partial charge on any atom is 0.139 e. The van der Waals surface area contributed by atoms with Crippen LogP contribution in [0.15, 0.2) is 48.8 Å². The zero-order valence-electron chi connectivity index (χ0n) is 13.3. The van der Waals surface area contributed by atoms with Gasteiger partial charge in [0.25, 0.3) is 0 Å². The second-order valence-corrected chi connectivity index (χ2v) is 6.65. The van der Waals surface area contributed by atoms with Crippen LogP contribution < -0.4 is 5.32 Å². The van der Waals surface area contributed by atoms with Crippen molar-refractivity contribution in [2.45, 2.75) is 38.0 Å². The Balaban J connectivity index is 1.48. The van der Waals surface area contributed by atoms with E-state index in [2.05, 4.69) is 27.4 Å². The van der Waals surface area contributed by atoms with Crippen molar-refractivity contribution in [3.05, 3.63) is 59.4 Å². The summed E-state index contributed by atoms with van der Waals surface area (Å²) in [5.41, 5.74) is 3.00. The zero-order chi connectivity index (χ0) is 16.4. The summed E-state index contributed by atoms with van der Waals surface area (Å²) in [6.07, 6.45) is 7.10. The fourth-order valence-electron chi connectivity index (χ4n) is 3.38. The largest absolute Gasteiger partial charge is 0.378 e. The SMILES string of the molecule is Clc1cnc2[nH]ccc2c1N[C@@H]1CCC[C@H]1OCc1ccccc1. The average Bonchev–Trinajstić information content (AvgIpc) is 3.25. The van der Waals surface area contributed by atoms with Gasteiger partial charge in [0, 0.05) is 11.6 Å². The monoisotopic (exact) mass is 341 g/mol. The molecule has 4 rings (SSSR count). The molecule has 5 heteroatoms. The Hall–Kier alpha value is -2.04. The summed E-state index contributed by atoms with van der Waals surface area (Å²) >= 11 is 6.38. The summed E-state index contributed by atoms with van der Waals surface area (Å²) in [6, 6.07) is 12.6. The van der Waals surface area contributed by atoms with Crippen molar-refractivity contribution in [3.63, 3.8) is 0 Å². The number of benzene rings is 1. The number of nitrogens with one attached hydrogen (secondary N) is 2. The van der Waals surface area contributed by atoms with Crippen molar-refractivity contribution in [1.82, 2.24) is 9.97 Å². The van der Waals surface area contributed by atoms with Gasteiger partial charge < -0.3 is 15.0 Å². The summed E-state index contributed by atoms with van der Waals surface area (Å²) in [7, 11) is 0. The van der Waals surface area contributed by atoms with E-state index in [1.54, 1.807) is 6.20 Å². The quantitative estimate of drug-likeness (QED) is 0.703. The van der Waals surface area contributed by atoms with Gasteiger partial charge in [0.1, 0.15) is 5.65 Å². The highest BCUT2D eigenvalue weighted by atomic mass is 35.5. The van der Waals surface area contributed by atoms with Gasteiger partial charge in [-0.2, -0.15) is 0 Å². The van der Waals surface area contributed by atoms with Gasteiger partial charge in [-0.15, -0.1) is 0 Å². The smallest absolute Gasteiger partial charge is 0.139 e. The van der Waals surface area contributed by atoms with Crippen LogP contribution in [0.25, 0.3) is 11.0 Å². The molecule has 0 unspecified atom stereocenters. The summed E-state index contributed by atoms with van der Waals surface area (Å²) in [4.78, 5) is 7.44. The van der Waals surface area contributed by atoms with Gasteiger partial charge in [-0.1, -0.05) is 41.9 Å². The van der Waals surface area contributed by atoms with E-state index in [-0.39, 0.29) is 12.1 Å². The predicted molar refractivity (Wildman–Crippen MR) is 97.4 cm³/mol. The van der Waals surface area contributed by atoms with Crippen molar-refractivity contribution < 1.29 is 4.74 Å². The minimum atomic E-state index is 0.198. The summed E-state index contributed by atoms with van der Waals surface area (Å²) in [6.45, 7) is 0.646. The molecule has 0 saturated heterocycles. The van der Waals surface area contributed by atoms with Crippen molar-refractivity contribution in [3.8, 4) is 0 Å². The number of hydrogen-bond acceptors (Lipinski definition) is 3. The predicted octanol–water partition coefficient (Wildman–Crippen LogP) is 4.77. The molecular formula is C19H20ClN3O. The van der Waals surface area contributed by atoms with Crippen LogP contribution >= 0.6 is 11.6 Å². The second-order valence-electron chi connectivity index (χ2n) is 6.24. The topological polar surface area (TPSA) is 49.9 Å². The van der Waals surface area contributed by atoms with Gasteiger partial charge in [-0.3, -0.25) is 0 Å². The number of pyridine rings is 1. The average molecular weight is 342 g/mol. The highest BCUT2D eigenvalue weighted by Gasteiger charge is 2.29.